The van der Waals surface area contributed by atoms with Crippen LogP contribution in [0.25, 0.3) is 11.3 Å². The van der Waals surface area contributed by atoms with Crippen molar-refractivity contribution in [1.82, 2.24) is 10.2 Å². The van der Waals surface area contributed by atoms with Crippen molar-refractivity contribution < 1.29 is 13.9 Å². The van der Waals surface area contributed by atoms with Crippen molar-refractivity contribution in [2.45, 2.75) is 0 Å². The van der Waals surface area contributed by atoms with Crippen LogP contribution < -0.4 is 15.2 Å². The molecule has 3 rings (SSSR count). The number of nitrogens with zero attached hydrogens (tertiary/aromatic N) is 1. The van der Waals surface area contributed by atoms with Crippen LogP contribution in [-0.4, -0.2) is 23.4 Å². The highest BCUT2D eigenvalue weighted by Crippen LogP contribution is 2.44. The van der Waals surface area contributed by atoms with Gasteiger partial charge in [-0.2, -0.15) is 5.10 Å². The highest BCUT2D eigenvalue weighted by Gasteiger charge is 2.24. The lowest BCUT2D eigenvalue weighted by molar-refractivity contribution is 0.171. The van der Waals surface area contributed by atoms with E-state index in [9.17, 15) is 4.39 Å². The Kier molecular flexibility index (Phi) is 2.62. The second kappa shape index (κ2) is 4.16. The Labute approximate surface area is 110 Å². The zero-order valence-electron chi connectivity index (χ0n) is 9.17. The molecule has 0 amide bonds. The maximum absolute atomic E-state index is 14.2. The van der Waals surface area contributed by atoms with Crippen molar-refractivity contribution in [3.63, 3.8) is 0 Å². The van der Waals surface area contributed by atoms with Gasteiger partial charge in [-0.1, -0.05) is 0 Å². The number of aromatic nitrogens is 2. The predicted molar refractivity (Wildman–Crippen MR) is 67.1 cm³/mol. The maximum Gasteiger partial charge on any atom is 0.173 e. The van der Waals surface area contributed by atoms with Gasteiger partial charge < -0.3 is 15.2 Å². The Balaban J connectivity index is 2.26. The van der Waals surface area contributed by atoms with E-state index in [2.05, 4.69) is 26.1 Å². The molecular weight excluding hydrogens is 305 g/mol. The van der Waals surface area contributed by atoms with Gasteiger partial charge in [-0.25, -0.2) is 4.39 Å². The summed E-state index contributed by atoms with van der Waals surface area (Å²) in [5, 5.41) is 6.46. The largest absolute Gasteiger partial charge is 0.486 e. The smallest absolute Gasteiger partial charge is 0.173 e. The van der Waals surface area contributed by atoms with Crippen molar-refractivity contribution in [2.24, 2.45) is 0 Å². The predicted octanol–water partition coefficient (Wildman–Crippen LogP) is 2.33. The molecule has 7 heteroatoms. The quantitative estimate of drug-likeness (QED) is 0.847. The summed E-state index contributed by atoms with van der Waals surface area (Å²) in [6.45, 7) is 0.820. The Morgan fingerprint density at radius 1 is 1.33 bits per heavy atom. The van der Waals surface area contributed by atoms with Crippen LogP contribution in [0.1, 0.15) is 0 Å². The average Bonchev–Trinajstić information content (AvgIpc) is 2.77. The van der Waals surface area contributed by atoms with Crippen molar-refractivity contribution in [3.8, 4) is 22.8 Å². The number of aromatic amines is 1. The minimum Gasteiger partial charge on any atom is -0.486 e. The summed E-state index contributed by atoms with van der Waals surface area (Å²) in [6, 6.07) is 3.09. The third-order valence-electron chi connectivity index (χ3n) is 2.59. The van der Waals surface area contributed by atoms with Gasteiger partial charge in [0.15, 0.2) is 17.3 Å². The first-order chi connectivity index (χ1) is 8.66. The van der Waals surface area contributed by atoms with Crippen LogP contribution in [0, 0.1) is 5.82 Å². The lowest BCUT2D eigenvalue weighted by atomic mass is 10.1. The molecule has 0 saturated heterocycles. The average molecular weight is 314 g/mol. The van der Waals surface area contributed by atoms with Crippen LogP contribution in [0.4, 0.5) is 10.2 Å². The normalized spacial score (nSPS) is 13.7. The standard InChI is InChI=1S/C11H9BrFN3O2/c12-5-3-7-11(18-2-1-17-7)9(10(5)13)6-4-8(14)16-15-6/h3-4H,1-2H2,(H3,14,15,16). The molecule has 1 aliphatic rings. The summed E-state index contributed by atoms with van der Waals surface area (Å²) in [5.74, 6) is 0.709. The van der Waals surface area contributed by atoms with E-state index in [1.165, 1.54) is 0 Å². The first-order valence-electron chi connectivity index (χ1n) is 5.25. The van der Waals surface area contributed by atoms with Gasteiger partial charge in [0.25, 0.3) is 0 Å². The van der Waals surface area contributed by atoms with E-state index in [0.29, 0.717) is 34.9 Å². The van der Waals surface area contributed by atoms with E-state index in [-0.39, 0.29) is 11.4 Å². The molecule has 0 aliphatic carbocycles. The van der Waals surface area contributed by atoms with Gasteiger partial charge in [0.2, 0.25) is 0 Å². The monoisotopic (exact) mass is 313 g/mol. The molecule has 0 atom stereocenters. The number of nitrogens with one attached hydrogen (secondary N) is 1. The second-order valence-electron chi connectivity index (χ2n) is 3.78. The number of nitrogen functional groups attached to an aromatic ring is 1. The molecule has 3 N–H and O–H groups in total. The van der Waals surface area contributed by atoms with Crippen molar-refractivity contribution in [3.05, 3.63) is 22.4 Å². The zero-order valence-corrected chi connectivity index (χ0v) is 10.8. The third kappa shape index (κ3) is 1.71. The summed E-state index contributed by atoms with van der Waals surface area (Å²) in [6.07, 6.45) is 0. The molecule has 0 spiro atoms. The second-order valence-corrected chi connectivity index (χ2v) is 4.63. The van der Waals surface area contributed by atoms with Crippen LogP contribution in [0.5, 0.6) is 11.5 Å². The van der Waals surface area contributed by atoms with Crippen LogP contribution in [0.3, 0.4) is 0 Å². The molecule has 1 aliphatic heterocycles. The van der Waals surface area contributed by atoms with Crippen LogP contribution in [0.2, 0.25) is 0 Å². The Morgan fingerprint density at radius 2 is 2.11 bits per heavy atom. The molecule has 0 unspecified atom stereocenters. The van der Waals surface area contributed by atoms with Crippen LogP contribution in [-0.2, 0) is 0 Å². The van der Waals surface area contributed by atoms with Gasteiger partial charge in [-0.15, -0.1) is 0 Å². The first-order valence-corrected chi connectivity index (χ1v) is 6.05. The van der Waals surface area contributed by atoms with E-state index in [1.54, 1.807) is 12.1 Å². The number of hydrogen-bond acceptors (Lipinski definition) is 4. The fourth-order valence-electron chi connectivity index (χ4n) is 1.84. The highest BCUT2D eigenvalue weighted by atomic mass is 79.9. The highest BCUT2D eigenvalue weighted by molar-refractivity contribution is 9.10. The molecule has 0 bridgehead atoms. The Hall–Kier alpha value is -1.76. The number of H-pyrrole nitrogens is 1. The van der Waals surface area contributed by atoms with Gasteiger partial charge in [0, 0.05) is 12.1 Å². The molecule has 1 aromatic heterocycles. The number of halogens is 2. The van der Waals surface area contributed by atoms with Gasteiger partial charge in [0.1, 0.15) is 19.0 Å². The van der Waals surface area contributed by atoms with Crippen molar-refractivity contribution >= 4 is 21.7 Å². The number of anilines is 1. The Morgan fingerprint density at radius 3 is 2.83 bits per heavy atom. The van der Waals surface area contributed by atoms with Crippen molar-refractivity contribution in [2.75, 3.05) is 18.9 Å². The topological polar surface area (TPSA) is 73.2 Å². The SMILES string of the molecule is Nc1cc(-c2c(F)c(Br)cc3c2OCCO3)[nH]n1. The maximum atomic E-state index is 14.2. The molecule has 0 radical (unpaired) electrons. The molecular formula is C11H9BrFN3O2. The Bertz CT molecular complexity index is 615. The van der Waals surface area contributed by atoms with Gasteiger partial charge >= 0.3 is 0 Å². The molecule has 0 fully saturated rings. The summed E-state index contributed by atoms with van der Waals surface area (Å²) < 4.78 is 25.4. The zero-order chi connectivity index (χ0) is 12.7. The molecule has 5 nitrogen and oxygen atoms in total. The lowest BCUT2D eigenvalue weighted by Crippen LogP contribution is -2.16. The number of rotatable bonds is 1. The number of fused-ring (bicyclic) bond motifs is 1. The van der Waals surface area contributed by atoms with E-state index >= 15 is 0 Å². The van der Waals surface area contributed by atoms with Crippen LogP contribution >= 0.6 is 15.9 Å². The molecule has 94 valence electrons. The number of nitrogens with two attached hydrogens (primary N) is 1. The summed E-state index contributed by atoms with van der Waals surface area (Å²) in [4.78, 5) is 0. The number of hydrogen-bond donors (Lipinski definition) is 2. The first kappa shape index (κ1) is 11.3. The van der Waals surface area contributed by atoms with E-state index in [4.69, 9.17) is 15.2 Å². The van der Waals surface area contributed by atoms with Gasteiger partial charge in [-0.05, 0) is 15.9 Å². The van der Waals surface area contributed by atoms with Crippen LogP contribution in [0.15, 0.2) is 16.6 Å². The minimum atomic E-state index is -0.442. The molecule has 2 heterocycles. The van der Waals surface area contributed by atoms with Gasteiger partial charge in [-0.3, -0.25) is 5.10 Å². The minimum absolute atomic E-state index is 0.267. The summed E-state index contributed by atoms with van der Waals surface area (Å²) in [7, 11) is 0. The summed E-state index contributed by atoms with van der Waals surface area (Å²) in [5.41, 5.74) is 6.25. The lowest BCUT2D eigenvalue weighted by Gasteiger charge is -2.21. The van der Waals surface area contributed by atoms with Gasteiger partial charge in [0.05, 0.1) is 15.7 Å². The van der Waals surface area contributed by atoms with E-state index in [1.807, 2.05) is 0 Å². The fourth-order valence-corrected chi connectivity index (χ4v) is 2.24. The molecule has 0 saturated carbocycles. The summed E-state index contributed by atoms with van der Waals surface area (Å²) >= 11 is 3.15. The fraction of sp³-hybridized carbons (Fsp3) is 0.182. The number of benzene rings is 1. The van der Waals surface area contributed by atoms with Crippen molar-refractivity contribution in [1.29, 1.82) is 0 Å². The molecule has 1 aromatic carbocycles. The van der Waals surface area contributed by atoms with E-state index < -0.39 is 5.82 Å². The third-order valence-corrected chi connectivity index (χ3v) is 3.17. The van der Waals surface area contributed by atoms with E-state index in [0.717, 1.165) is 0 Å². The molecule has 18 heavy (non-hydrogen) atoms. The number of ether oxygens (including phenoxy) is 2. The molecule has 2 aromatic rings.